The van der Waals surface area contributed by atoms with Gasteiger partial charge in [-0.2, -0.15) is 0 Å². The van der Waals surface area contributed by atoms with Crippen molar-refractivity contribution in [3.8, 4) is 0 Å². The van der Waals surface area contributed by atoms with Gasteiger partial charge in [-0.25, -0.2) is 0 Å². The molecule has 18 heavy (non-hydrogen) atoms. The fraction of sp³-hybridized carbons (Fsp3) is 0.833. The molecule has 2 aliphatic rings. The average molecular weight is 256 g/mol. The van der Waals surface area contributed by atoms with E-state index in [2.05, 4.69) is 0 Å². The Labute approximate surface area is 106 Å². The smallest absolute Gasteiger partial charge is 0.305 e. The van der Waals surface area contributed by atoms with Crippen LogP contribution in [0, 0.1) is 0 Å². The summed E-state index contributed by atoms with van der Waals surface area (Å²) in [6.07, 6.45) is 2.24. The summed E-state index contributed by atoms with van der Waals surface area (Å²) in [6, 6.07) is -0.0957. The number of hydrogen-bond acceptors (Lipinski definition) is 4. The Morgan fingerprint density at radius 3 is 2.94 bits per heavy atom. The van der Waals surface area contributed by atoms with E-state index in [-0.39, 0.29) is 24.5 Å². The molecule has 2 aliphatic heterocycles. The zero-order valence-corrected chi connectivity index (χ0v) is 10.7. The third kappa shape index (κ3) is 3.20. The highest BCUT2D eigenvalue weighted by atomic mass is 16.5. The van der Waals surface area contributed by atoms with Crippen molar-refractivity contribution < 1.29 is 19.4 Å². The molecule has 0 aromatic heterocycles. The number of nitrogens with zero attached hydrogens (tertiary/aromatic N) is 2. The van der Waals surface area contributed by atoms with Crippen LogP contribution in [0.2, 0.25) is 0 Å². The van der Waals surface area contributed by atoms with Crippen LogP contribution in [-0.2, 0) is 14.3 Å². The lowest BCUT2D eigenvalue weighted by molar-refractivity contribution is -0.145. The minimum atomic E-state index is -0.821. The molecule has 102 valence electrons. The van der Waals surface area contributed by atoms with E-state index < -0.39 is 5.97 Å². The van der Waals surface area contributed by atoms with Crippen molar-refractivity contribution in [2.45, 2.75) is 31.4 Å². The van der Waals surface area contributed by atoms with Crippen molar-refractivity contribution in [2.24, 2.45) is 0 Å². The van der Waals surface area contributed by atoms with Gasteiger partial charge in [0.05, 0.1) is 19.1 Å². The number of amides is 1. The largest absolute Gasteiger partial charge is 0.481 e. The molecule has 0 aliphatic carbocycles. The van der Waals surface area contributed by atoms with Crippen LogP contribution in [0.3, 0.4) is 0 Å². The molecule has 0 aromatic rings. The molecule has 1 N–H and O–H groups in total. The lowest BCUT2D eigenvalue weighted by Gasteiger charge is -2.39. The molecule has 2 fully saturated rings. The van der Waals surface area contributed by atoms with Gasteiger partial charge in [-0.05, 0) is 19.9 Å². The van der Waals surface area contributed by atoms with Gasteiger partial charge in [-0.1, -0.05) is 0 Å². The van der Waals surface area contributed by atoms with Gasteiger partial charge in [-0.3, -0.25) is 14.5 Å². The number of piperazine rings is 1. The highest BCUT2D eigenvalue weighted by molar-refractivity contribution is 5.79. The molecule has 6 nitrogen and oxygen atoms in total. The van der Waals surface area contributed by atoms with Crippen molar-refractivity contribution >= 4 is 11.9 Å². The van der Waals surface area contributed by atoms with Crippen LogP contribution < -0.4 is 0 Å². The van der Waals surface area contributed by atoms with E-state index in [0.29, 0.717) is 19.6 Å². The molecule has 0 radical (unpaired) electrons. The molecule has 0 saturated carbocycles. The second-order valence-electron chi connectivity index (χ2n) is 5.10. The SMILES string of the molecule is CN1CC(=O)N(CC2CCCO2)CC1CC(=O)O. The number of carbonyl (C=O) groups is 2. The summed E-state index contributed by atoms with van der Waals surface area (Å²) in [7, 11) is 1.80. The fourth-order valence-electron chi connectivity index (χ4n) is 2.57. The molecule has 6 heteroatoms. The molecule has 2 atom stereocenters. The first-order chi connectivity index (χ1) is 8.56. The minimum Gasteiger partial charge on any atom is -0.481 e. The maximum atomic E-state index is 11.9. The number of aliphatic carboxylic acids is 1. The van der Waals surface area contributed by atoms with Gasteiger partial charge >= 0.3 is 5.97 Å². The topological polar surface area (TPSA) is 70.1 Å². The summed E-state index contributed by atoms with van der Waals surface area (Å²) < 4.78 is 5.52. The van der Waals surface area contributed by atoms with E-state index >= 15 is 0 Å². The van der Waals surface area contributed by atoms with Crippen LogP contribution >= 0.6 is 0 Å². The van der Waals surface area contributed by atoms with Crippen LogP contribution in [0.15, 0.2) is 0 Å². The van der Waals surface area contributed by atoms with E-state index in [9.17, 15) is 9.59 Å². The van der Waals surface area contributed by atoms with Crippen LogP contribution in [0.4, 0.5) is 0 Å². The second kappa shape index (κ2) is 5.67. The monoisotopic (exact) mass is 256 g/mol. The number of hydrogen-bond donors (Lipinski definition) is 1. The lowest BCUT2D eigenvalue weighted by Crippen LogP contribution is -2.56. The molecule has 2 unspecified atom stereocenters. The molecular formula is C12H20N2O4. The molecule has 2 saturated heterocycles. The number of ether oxygens (including phenoxy) is 1. The molecule has 2 heterocycles. The summed E-state index contributed by atoms with van der Waals surface area (Å²) in [4.78, 5) is 26.3. The van der Waals surface area contributed by atoms with E-state index in [1.165, 1.54) is 0 Å². The first-order valence-corrected chi connectivity index (χ1v) is 6.37. The Kier molecular flexibility index (Phi) is 4.19. The second-order valence-corrected chi connectivity index (χ2v) is 5.10. The summed E-state index contributed by atoms with van der Waals surface area (Å²) in [6.45, 7) is 2.15. The first-order valence-electron chi connectivity index (χ1n) is 6.37. The number of carboxylic acid groups (broad SMARTS) is 1. The minimum absolute atomic E-state index is 0.0645. The van der Waals surface area contributed by atoms with Crippen molar-refractivity contribution in [3.63, 3.8) is 0 Å². The van der Waals surface area contributed by atoms with Crippen LogP contribution in [0.5, 0.6) is 0 Å². The van der Waals surface area contributed by atoms with Crippen molar-refractivity contribution in [2.75, 3.05) is 33.3 Å². The highest BCUT2D eigenvalue weighted by Gasteiger charge is 2.32. The van der Waals surface area contributed by atoms with Crippen molar-refractivity contribution in [1.82, 2.24) is 9.80 Å². The number of likely N-dealkylation sites (N-methyl/N-ethyl adjacent to an activating group) is 1. The van der Waals surface area contributed by atoms with Gasteiger partial charge in [0.15, 0.2) is 0 Å². The van der Waals surface area contributed by atoms with Crippen molar-refractivity contribution in [1.29, 1.82) is 0 Å². The Balaban J connectivity index is 1.92. The number of rotatable bonds is 4. The van der Waals surface area contributed by atoms with E-state index in [1.54, 1.807) is 11.9 Å². The molecule has 0 aromatic carbocycles. The molecule has 0 spiro atoms. The first kappa shape index (κ1) is 13.3. The van der Waals surface area contributed by atoms with E-state index in [0.717, 1.165) is 19.4 Å². The predicted molar refractivity (Wildman–Crippen MR) is 64.2 cm³/mol. The van der Waals surface area contributed by atoms with Crippen LogP contribution in [-0.4, -0.2) is 72.2 Å². The third-order valence-electron chi connectivity index (χ3n) is 3.65. The summed E-state index contributed by atoms with van der Waals surface area (Å²) >= 11 is 0. The normalized spacial score (nSPS) is 29.8. The van der Waals surface area contributed by atoms with Crippen LogP contribution in [0.25, 0.3) is 0 Å². The highest BCUT2D eigenvalue weighted by Crippen LogP contribution is 2.17. The third-order valence-corrected chi connectivity index (χ3v) is 3.65. The number of carboxylic acids is 1. The van der Waals surface area contributed by atoms with Gasteiger partial charge in [0, 0.05) is 25.7 Å². The Hall–Kier alpha value is -1.14. The van der Waals surface area contributed by atoms with Gasteiger partial charge < -0.3 is 14.7 Å². The zero-order valence-electron chi connectivity index (χ0n) is 10.7. The molecule has 0 bridgehead atoms. The van der Waals surface area contributed by atoms with E-state index in [1.807, 2.05) is 4.90 Å². The Bertz CT molecular complexity index is 328. The molecule has 1 amide bonds. The average Bonchev–Trinajstić information content (AvgIpc) is 2.77. The summed E-state index contributed by atoms with van der Waals surface area (Å²) in [5, 5.41) is 8.87. The van der Waals surface area contributed by atoms with Gasteiger partial charge in [0.2, 0.25) is 5.91 Å². The Morgan fingerprint density at radius 1 is 1.56 bits per heavy atom. The summed E-state index contributed by atoms with van der Waals surface area (Å²) in [5.41, 5.74) is 0. The standard InChI is InChI=1S/C12H20N2O4/c1-13-8-11(15)14(6-9(13)5-12(16)17)7-10-3-2-4-18-10/h9-10H,2-8H2,1H3,(H,16,17). The van der Waals surface area contributed by atoms with E-state index in [4.69, 9.17) is 9.84 Å². The fourth-order valence-corrected chi connectivity index (χ4v) is 2.57. The van der Waals surface area contributed by atoms with Gasteiger partial charge in [0.1, 0.15) is 0 Å². The predicted octanol–water partition coefficient (Wildman–Crippen LogP) is -0.217. The Morgan fingerprint density at radius 2 is 2.33 bits per heavy atom. The lowest BCUT2D eigenvalue weighted by atomic mass is 10.1. The summed E-state index contributed by atoms with van der Waals surface area (Å²) in [5.74, 6) is -0.757. The van der Waals surface area contributed by atoms with Gasteiger partial charge in [0.25, 0.3) is 0 Å². The zero-order chi connectivity index (χ0) is 13.1. The maximum absolute atomic E-state index is 11.9. The molecule has 2 rings (SSSR count). The number of carbonyl (C=O) groups excluding carboxylic acids is 1. The van der Waals surface area contributed by atoms with Crippen molar-refractivity contribution in [3.05, 3.63) is 0 Å². The molecular weight excluding hydrogens is 236 g/mol. The van der Waals surface area contributed by atoms with Crippen LogP contribution in [0.1, 0.15) is 19.3 Å². The maximum Gasteiger partial charge on any atom is 0.305 e. The quantitative estimate of drug-likeness (QED) is 0.753. The van der Waals surface area contributed by atoms with Gasteiger partial charge in [-0.15, -0.1) is 0 Å².